The Morgan fingerprint density at radius 1 is 1.29 bits per heavy atom. The number of imide groups is 1. The maximum atomic E-state index is 12.1. The molecule has 3 amide bonds. The first-order valence-electron chi connectivity index (χ1n) is 8.50. The molecule has 3 heterocycles. The lowest BCUT2D eigenvalue weighted by Gasteiger charge is -2.35. The Bertz CT molecular complexity index is 726. The van der Waals surface area contributed by atoms with Gasteiger partial charge in [-0.2, -0.15) is 0 Å². The van der Waals surface area contributed by atoms with Gasteiger partial charge in [0.05, 0.1) is 16.8 Å². The van der Waals surface area contributed by atoms with E-state index in [2.05, 4.69) is 11.4 Å². The van der Waals surface area contributed by atoms with Crippen molar-refractivity contribution in [2.45, 2.75) is 31.7 Å². The number of carbonyl (C=O) groups is 2. The second-order valence-electron chi connectivity index (χ2n) is 6.44. The lowest BCUT2D eigenvalue weighted by molar-refractivity contribution is -0.943. The van der Waals surface area contributed by atoms with Gasteiger partial charge in [-0.05, 0) is 25.0 Å². The van der Waals surface area contributed by atoms with Gasteiger partial charge in [0, 0.05) is 19.4 Å². The summed E-state index contributed by atoms with van der Waals surface area (Å²) < 4.78 is 1.20. The molecule has 7 heteroatoms. The SMILES string of the molecule is O=C1CCNC(=O)N1C[NH+]1CCCC[C@@H]1c1nc2ccccc2s1. The van der Waals surface area contributed by atoms with Crippen molar-refractivity contribution in [1.82, 2.24) is 15.2 Å². The second-order valence-corrected chi connectivity index (χ2v) is 7.50. The number of amides is 3. The summed E-state index contributed by atoms with van der Waals surface area (Å²) in [6.07, 6.45) is 3.74. The Labute approximate surface area is 144 Å². The molecule has 0 aliphatic carbocycles. The number of aromatic nitrogens is 1. The average molecular weight is 345 g/mol. The van der Waals surface area contributed by atoms with Gasteiger partial charge in [0.1, 0.15) is 6.04 Å². The maximum absolute atomic E-state index is 12.1. The lowest BCUT2D eigenvalue weighted by Crippen LogP contribution is -3.14. The van der Waals surface area contributed by atoms with E-state index >= 15 is 0 Å². The van der Waals surface area contributed by atoms with Crippen LogP contribution in [0.4, 0.5) is 4.79 Å². The predicted molar refractivity (Wildman–Crippen MR) is 91.8 cm³/mol. The predicted octanol–water partition coefficient (Wildman–Crippen LogP) is 1.31. The number of likely N-dealkylation sites (tertiary alicyclic amines) is 1. The van der Waals surface area contributed by atoms with Crippen molar-refractivity contribution in [3.05, 3.63) is 29.3 Å². The summed E-state index contributed by atoms with van der Waals surface area (Å²) >= 11 is 1.74. The highest BCUT2D eigenvalue weighted by Crippen LogP contribution is 2.28. The summed E-state index contributed by atoms with van der Waals surface area (Å²) in [7, 11) is 0. The first kappa shape index (κ1) is 15.5. The van der Waals surface area contributed by atoms with Gasteiger partial charge in [-0.3, -0.25) is 4.79 Å². The number of piperidine rings is 1. The summed E-state index contributed by atoms with van der Waals surface area (Å²) in [6.45, 7) is 1.85. The number of urea groups is 1. The van der Waals surface area contributed by atoms with Crippen molar-refractivity contribution in [3.63, 3.8) is 0 Å². The van der Waals surface area contributed by atoms with Gasteiger partial charge in [0.2, 0.25) is 5.91 Å². The Hall–Kier alpha value is -1.99. The van der Waals surface area contributed by atoms with E-state index in [1.165, 1.54) is 20.9 Å². The number of fused-ring (bicyclic) bond motifs is 1. The van der Waals surface area contributed by atoms with Gasteiger partial charge in [-0.25, -0.2) is 14.7 Å². The fraction of sp³-hybridized carbons (Fsp3) is 0.471. The molecule has 1 aromatic heterocycles. The van der Waals surface area contributed by atoms with Gasteiger partial charge in [0.15, 0.2) is 11.7 Å². The molecule has 2 saturated heterocycles. The molecule has 6 nitrogen and oxygen atoms in total. The topological polar surface area (TPSA) is 66.7 Å². The van der Waals surface area contributed by atoms with Crippen LogP contribution in [0.2, 0.25) is 0 Å². The standard InChI is InChI=1S/C17H20N4O2S/c22-15-8-9-18-17(23)21(15)11-20-10-4-3-6-13(20)16-19-12-5-1-2-7-14(12)24-16/h1-2,5,7,13H,3-4,6,8-11H2,(H,18,23)/p+1/t13-/m1/s1. The first-order chi connectivity index (χ1) is 11.7. The lowest BCUT2D eigenvalue weighted by atomic mass is 10.0. The van der Waals surface area contributed by atoms with Crippen LogP contribution in [0, 0.1) is 0 Å². The fourth-order valence-corrected chi connectivity index (χ4v) is 4.75. The number of benzene rings is 1. The third kappa shape index (κ3) is 2.89. The van der Waals surface area contributed by atoms with E-state index in [0.717, 1.165) is 29.9 Å². The number of hydrogen-bond acceptors (Lipinski definition) is 4. The van der Waals surface area contributed by atoms with Crippen LogP contribution in [0.15, 0.2) is 24.3 Å². The molecule has 2 aromatic rings. The van der Waals surface area contributed by atoms with E-state index in [-0.39, 0.29) is 18.0 Å². The van der Waals surface area contributed by atoms with Crippen LogP contribution in [0.25, 0.3) is 10.2 Å². The molecule has 24 heavy (non-hydrogen) atoms. The third-order valence-corrected chi connectivity index (χ3v) is 6.01. The number of carbonyl (C=O) groups excluding carboxylic acids is 2. The molecule has 1 unspecified atom stereocenters. The Balaban J connectivity index is 1.58. The van der Waals surface area contributed by atoms with E-state index in [0.29, 0.717) is 19.6 Å². The van der Waals surface area contributed by atoms with E-state index < -0.39 is 0 Å². The minimum Gasteiger partial charge on any atom is -0.337 e. The molecule has 2 aliphatic rings. The maximum Gasteiger partial charge on any atom is 0.328 e. The quantitative estimate of drug-likeness (QED) is 0.881. The van der Waals surface area contributed by atoms with E-state index in [1.54, 1.807) is 11.3 Å². The molecule has 126 valence electrons. The molecule has 2 aliphatic heterocycles. The molecule has 0 radical (unpaired) electrons. The van der Waals surface area contributed by atoms with E-state index in [9.17, 15) is 9.59 Å². The van der Waals surface area contributed by atoms with Crippen LogP contribution in [0.5, 0.6) is 0 Å². The Morgan fingerprint density at radius 2 is 2.17 bits per heavy atom. The third-order valence-electron chi connectivity index (χ3n) is 4.86. The minimum atomic E-state index is -0.257. The Morgan fingerprint density at radius 3 is 3.00 bits per heavy atom. The van der Waals surface area contributed by atoms with Crippen LogP contribution >= 0.6 is 11.3 Å². The van der Waals surface area contributed by atoms with Gasteiger partial charge in [-0.1, -0.05) is 12.1 Å². The summed E-state index contributed by atoms with van der Waals surface area (Å²) in [6, 6.07) is 8.19. The van der Waals surface area contributed by atoms with Crippen molar-refractivity contribution in [2.24, 2.45) is 0 Å². The molecule has 0 saturated carbocycles. The van der Waals surface area contributed by atoms with Crippen LogP contribution < -0.4 is 10.2 Å². The van der Waals surface area contributed by atoms with Gasteiger partial charge >= 0.3 is 6.03 Å². The van der Waals surface area contributed by atoms with Gasteiger partial charge in [0.25, 0.3) is 0 Å². The zero-order valence-corrected chi connectivity index (χ0v) is 14.3. The van der Waals surface area contributed by atoms with Crippen LogP contribution in [-0.4, -0.2) is 41.6 Å². The summed E-state index contributed by atoms with van der Waals surface area (Å²) in [4.78, 5) is 31.6. The highest BCUT2D eigenvalue weighted by molar-refractivity contribution is 7.18. The highest BCUT2D eigenvalue weighted by atomic mass is 32.1. The average Bonchev–Trinajstić information content (AvgIpc) is 3.02. The molecule has 0 spiro atoms. The second kappa shape index (κ2) is 6.49. The smallest absolute Gasteiger partial charge is 0.328 e. The van der Waals surface area contributed by atoms with Crippen molar-refractivity contribution in [2.75, 3.05) is 19.8 Å². The zero-order valence-electron chi connectivity index (χ0n) is 13.5. The zero-order chi connectivity index (χ0) is 16.5. The fourth-order valence-electron chi connectivity index (χ4n) is 3.59. The molecular weight excluding hydrogens is 324 g/mol. The molecule has 1 aromatic carbocycles. The molecule has 4 rings (SSSR count). The first-order valence-corrected chi connectivity index (χ1v) is 9.32. The number of thiazole rings is 1. The molecule has 2 fully saturated rings. The van der Waals surface area contributed by atoms with Crippen LogP contribution in [0.3, 0.4) is 0 Å². The van der Waals surface area contributed by atoms with E-state index in [1.807, 2.05) is 18.2 Å². The van der Waals surface area contributed by atoms with Crippen molar-refractivity contribution in [1.29, 1.82) is 0 Å². The molecular formula is C17H21N4O2S+. The van der Waals surface area contributed by atoms with Crippen LogP contribution in [-0.2, 0) is 4.79 Å². The largest absolute Gasteiger partial charge is 0.337 e. The number of rotatable bonds is 3. The molecule has 2 N–H and O–H groups in total. The van der Waals surface area contributed by atoms with Gasteiger partial charge in [-0.15, -0.1) is 11.3 Å². The number of para-hydroxylation sites is 1. The van der Waals surface area contributed by atoms with Crippen molar-refractivity contribution in [3.8, 4) is 0 Å². The summed E-state index contributed by atoms with van der Waals surface area (Å²) in [5.41, 5.74) is 1.04. The summed E-state index contributed by atoms with van der Waals surface area (Å²) in [5, 5.41) is 3.89. The normalized spacial score (nSPS) is 25.1. The number of quaternary nitrogens is 1. The van der Waals surface area contributed by atoms with Gasteiger partial charge < -0.3 is 10.2 Å². The molecule has 2 atom stereocenters. The van der Waals surface area contributed by atoms with Crippen LogP contribution in [0.1, 0.15) is 36.7 Å². The summed E-state index contributed by atoms with van der Waals surface area (Å²) in [5.74, 6) is -0.0696. The Kier molecular flexibility index (Phi) is 4.20. The van der Waals surface area contributed by atoms with Crippen molar-refractivity contribution >= 4 is 33.5 Å². The number of nitrogens with one attached hydrogen (secondary N) is 2. The minimum absolute atomic E-state index is 0.0696. The van der Waals surface area contributed by atoms with Crippen molar-refractivity contribution < 1.29 is 14.5 Å². The number of nitrogens with zero attached hydrogens (tertiary/aromatic N) is 2. The molecule has 0 bridgehead atoms. The highest BCUT2D eigenvalue weighted by Gasteiger charge is 2.35. The number of hydrogen-bond donors (Lipinski definition) is 2. The van der Waals surface area contributed by atoms with E-state index in [4.69, 9.17) is 4.98 Å². The monoisotopic (exact) mass is 345 g/mol.